The van der Waals surface area contributed by atoms with Crippen molar-refractivity contribution in [3.8, 4) is 28.9 Å². The van der Waals surface area contributed by atoms with Gasteiger partial charge in [0.2, 0.25) is 0 Å². The number of aromatic nitrogens is 4. The summed E-state index contributed by atoms with van der Waals surface area (Å²) in [5, 5.41) is 0.180. The smallest absolute Gasteiger partial charge is 0.257 e. The van der Waals surface area contributed by atoms with Crippen molar-refractivity contribution in [3.05, 3.63) is 29.4 Å². The average molecular weight is 475 g/mol. The van der Waals surface area contributed by atoms with Crippen molar-refractivity contribution >= 4 is 45.3 Å². The summed E-state index contributed by atoms with van der Waals surface area (Å²) in [6, 6.07) is 6.85. The molecule has 12 heteroatoms. The molecule has 4 aromatic rings. The lowest BCUT2D eigenvalue weighted by Crippen LogP contribution is -2.00. The second kappa shape index (κ2) is 10.1. The number of hydrogen-bond donors (Lipinski definition) is 2. The Balaban J connectivity index is 0.000000186. The second-order valence-electron chi connectivity index (χ2n) is 6.41. The Kier molecular flexibility index (Phi) is 7.23. The van der Waals surface area contributed by atoms with Gasteiger partial charge >= 0.3 is 0 Å². The topological polar surface area (TPSA) is 150 Å². The van der Waals surface area contributed by atoms with Crippen LogP contribution in [0.1, 0.15) is 0 Å². The first kappa shape index (κ1) is 23.7. The molecule has 0 aliphatic rings. The number of nitrogens with two attached hydrogens (primary N) is 2. The van der Waals surface area contributed by atoms with Crippen LogP contribution in [0.5, 0.6) is 28.9 Å². The molecule has 4 N–H and O–H groups in total. The Morgan fingerprint density at radius 2 is 0.909 bits per heavy atom. The fourth-order valence-electron chi connectivity index (χ4n) is 2.91. The summed E-state index contributed by atoms with van der Waals surface area (Å²) >= 11 is 5.79. The SMILES string of the molecule is COc1cc2nc(N)c(Cl)nc2cc1OC.COc1cc2nc(N)c(OC)nc2cc1OC. The van der Waals surface area contributed by atoms with Crippen molar-refractivity contribution in [3.63, 3.8) is 0 Å². The summed E-state index contributed by atoms with van der Waals surface area (Å²) in [5.74, 6) is 3.05. The van der Waals surface area contributed by atoms with Gasteiger partial charge in [0.25, 0.3) is 5.88 Å². The predicted molar refractivity (Wildman–Crippen MR) is 126 cm³/mol. The Morgan fingerprint density at radius 1 is 0.545 bits per heavy atom. The summed E-state index contributed by atoms with van der Waals surface area (Å²) in [7, 11) is 7.72. The van der Waals surface area contributed by atoms with Crippen molar-refractivity contribution in [2.24, 2.45) is 0 Å². The number of anilines is 2. The van der Waals surface area contributed by atoms with Gasteiger partial charge in [0.1, 0.15) is 0 Å². The van der Waals surface area contributed by atoms with E-state index >= 15 is 0 Å². The minimum absolute atomic E-state index is 0.180. The van der Waals surface area contributed by atoms with Gasteiger partial charge in [-0.2, -0.15) is 0 Å². The number of fused-ring (bicyclic) bond motifs is 2. The van der Waals surface area contributed by atoms with Gasteiger partial charge < -0.3 is 35.2 Å². The zero-order chi connectivity index (χ0) is 24.1. The van der Waals surface area contributed by atoms with Gasteiger partial charge in [0.05, 0.1) is 57.6 Å². The molecule has 0 unspecified atom stereocenters. The monoisotopic (exact) mass is 474 g/mol. The molecule has 0 saturated heterocycles. The molecule has 0 spiro atoms. The summed E-state index contributed by atoms with van der Waals surface area (Å²) in [5.41, 5.74) is 13.7. The van der Waals surface area contributed by atoms with Crippen LogP contribution in [0.25, 0.3) is 22.1 Å². The molecule has 0 atom stereocenters. The molecule has 0 bridgehead atoms. The van der Waals surface area contributed by atoms with E-state index in [0.717, 1.165) is 0 Å². The van der Waals surface area contributed by atoms with Crippen LogP contribution in [0.15, 0.2) is 24.3 Å². The van der Waals surface area contributed by atoms with Gasteiger partial charge in [0, 0.05) is 24.3 Å². The highest BCUT2D eigenvalue weighted by molar-refractivity contribution is 6.31. The largest absolute Gasteiger partial charge is 0.493 e. The first-order chi connectivity index (χ1) is 15.8. The summed E-state index contributed by atoms with van der Waals surface area (Å²) in [6.45, 7) is 0. The van der Waals surface area contributed by atoms with Crippen LogP contribution in [-0.2, 0) is 0 Å². The van der Waals surface area contributed by atoms with Gasteiger partial charge in [-0.3, -0.25) is 0 Å². The molecule has 0 amide bonds. The third kappa shape index (κ3) is 4.93. The van der Waals surface area contributed by atoms with Gasteiger partial charge in [-0.15, -0.1) is 0 Å². The zero-order valence-electron chi connectivity index (χ0n) is 18.7. The van der Waals surface area contributed by atoms with Crippen molar-refractivity contribution in [1.29, 1.82) is 0 Å². The summed E-state index contributed by atoms with van der Waals surface area (Å²) in [4.78, 5) is 16.6. The van der Waals surface area contributed by atoms with Crippen molar-refractivity contribution in [2.45, 2.75) is 0 Å². The normalized spacial score (nSPS) is 10.4. The number of ether oxygens (including phenoxy) is 5. The molecular formula is C21H23ClN6O5. The molecular weight excluding hydrogens is 452 g/mol. The van der Waals surface area contributed by atoms with Crippen LogP contribution in [0.3, 0.4) is 0 Å². The standard InChI is InChI=1S/C11H13N3O3.C10H10ClN3O2/c1-15-8-4-6-7(5-9(8)16-2)14-11(17-3)10(12)13-6;1-15-7-3-5-6(4-8(7)16-2)14-10(12)9(11)13-5/h4-5H,1-3H3,(H2,12,13);3-4H,1-2H3,(H2,12,14). The van der Waals surface area contributed by atoms with Crippen LogP contribution in [0.2, 0.25) is 5.15 Å². The average Bonchev–Trinajstić information content (AvgIpc) is 2.83. The molecule has 2 aromatic carbocycles. The molecule has 2 aromatic heterocycles. The van der Waals surface area contributed by atoms with Crippen molar-refractivity contribution in [1.82, 2.24) is 19.9 Å². The van der Waals surface area contributed by atoms with Crippen LogP contribution in [0.4, 0.5) is 11.6 Å². The second-order valence-corrected chi connectivity index (χ2v) is 6.77. The van der Waals surface area contributed by atoms with E-state index in [1.165, 1.54) is 7.11 Å². The number of rotatable bonds is 5. The molecule has 2 heterocycles. The Morgan fingerprint density at radius 3 is 1.30 bits per heavy atom. The summed E-state index contributed by atoms with van der Waals surface area (Å²) in [6.07, 6.45) is 0. The molecule has 0 radical (unpaired) electrons. The third-order valence-corrected chi connectivity index (χ3v) is 4.79. The first-order valence-electron chi connectivity index (χ1n) is 9.43. The maximum absolute atomic E-state index is 5.79. The van der Waals surface area contributed by atoms with E-state index in [0.29, 0.717) is 50.9 Å². The first-order valence-corrected chi connectivity index (χ1v) is 9.80. The Labute approximate surface area is 194 Å². The van der Waals surface area contributed by atoms with E-state index < -0.39 is 0 Å². The number of nitrogens with zero attached hydrogens (tertiary/aromatic N) is 4. The van der Waals surface area contributed by atoms with E-state index in [4.69, 9.17) is 46.8 Å². The number of methoxy groups -OCH3 is 5. The molecule has 33 heavy (non-hydrogen) atoms. The molecule has 0 aliphatic carbocycles. The van der Waals surface area contributed by atoms with Crippen LogP contribution in [0, 0.1) is 0 Å². The van der Waals surface area contributed by atoms with Crippen molar-refractivity contribution in [2.75, 3.05) is 47.0 Å². The van der Waals surface area contributed by atoms with Crippen LogP contribution < -0.4 is 35.2 Å². The van der Waals surface area contributed by atoms with Gasteiger partial charge in [0.15, 0.2) is 39.8 Å². The maximum Gasteiger partial charge on any atom is 0.257 e. The lowest BCUT2D eigenvalue weighted by molar-refractivity contribution is 0.355. The zero-order valence-corrected chi connectivity index (χ0v) is 19.4. The van der Waals surface area contributed by atoms with E-state index in [2.05, 4.69) is 19.9 Å². The minimum Gasteiger partial charge on any atom is -0.493 e. The number of nitrogen functional groups attached to an aromatic ring is 2. The number of benzene rings is 2. The number of halogens is 1. The van der Waals surface area contributed by atoms with E-state index in [1.807, 2.05) is 0 Å². The summed E-state index contributed by atoms with van der Waals surface area (Å²) < 4.78 is 25.7. The fourth-order valence-corrected chi connectivity index (χ4v) is 3.04. The van der Waals surface area contributed by atoms with Gasteiger partial charge in [-0.05, 0) is 0 Å². The van der Waals surface area contributed by atoms with Gasteiger partial charge in [-0.25, -0.2) is 19.9 Å². The molecule has 4 rings (SSSR count). The highest BCUT2D eigenvalue weighted by Gasteiger charge is 2.12. The number of hydrogen-bond acceptors (Lipinski definition) is 11. The minimum atomic E-state index is 0.180. The van der Waals surface area contributed by atoms with Crippen LogP contribution >= 0.6 is 11.6 Å². The van der Waals surface area contributed by atoms with E-state index in [-0.39, 0.29) is 16.8 Å². The lowest BCUT2D eigenvalue weighted by atomic mass is 10.2. The fraction of sp³-hybridized carbons (Fsp3) is 0.238. The van der Waals surface area contributed by atoms with Crippen molar-refractivity contribution < 1.29 is 23.7 Å². The third-order valence-electron chi connectivity index (χ3n) is 4.51. The maximum atomic E-state index is 5.79. The Hall–Kier alpha value is -3.99. The van der Waals surface area contributed by atoms with Crippen LogP contribution in [-0.4, -0.2) is 55.5 Å². The molecule has 0 fully saturated rings. The molecule has 0 saturated carbocycles. The molecule has 174 valence electrons. The Bertz CT molecular complexity index is 1260. The van der Waals surface area contributed by atoms with Gasteiger partial charge in [-0.1, -0.05) is 11.6 Å². The van der Waals surface area contributed by atoms with E-state index in [9.17, 15) is 0 Å². The van der Waals surface area contributed by atoms with E-state index in [1.54, 1.807) is 52.7 Å². The molecule has 0 aliphatic heterocycles. The quantitative estimate of drug-likeness (QED) is 0.439. The molecule has 11 nitrogen and oxygen atoms in total. The predicted octanol–water partition coefficient (Wildman–Crippen LogP) is 3.12. The highest BCUT2D eigenvalue weighted by atomic mass is 35.5. The lowest BCUT2D eigenvalue weighted by Gasteiger charge is -2.09. The highest BCUT2D eigenvalue weighted by Crippen LogP contribution is 2.33.